The third-order valence-corrected chi connectivity index (χ3v) is 6.27. The highest BCUT2D eigenvalue weighted by Gasteiger charge is 2.32. The summed E-state index contributed by atoms with van der Waals surface area (Å²) in [6.07, 6.45) is 0. The molecule has 0 amide bonds. The summed E-state index contributed by atoms with van der Waals surface area (Å²) >= 11 is 1.14. The van der Waals surface area contributed by atoms with Crippen molar-refractivity contribution in [2.45, 2.75) is 25.9 Å². The van der Waals surface area contributed by atoms with Crippen molar-refractivity contribution in [1.82, 2.24) is 14.3 Å². The molecule has 0 spiro atoms. The topological polar surface area (TPSA) is 79.4 Å². The summed E-state index contributed by atoms with van der Waals surface area (Å²) < 4.78 is 25.7. The molecule has 0 aliphatic carbocycles. The lowest BCUT2D eigenvalue weighted by Crippen LogP contribution is -2.49. The van der Waals surface area contributed by atoms with Crippen molar-refractivity contribution in [2.75, 3.05) is 31.1 Å². The zero-order valence-electron chi connectivity index (χ0n) is 15.0. The number of pyridine rings is 1. The number of hydrogen-bond donors (Lipinski definition) is 2. The molecule has 2 atom stereocenters. The van der Waals surface area contributed by atoms with E-state index in [1.165, 1.54) is 6.07 Å². The third kappa shape index (κ3) is 2.28. The van der Waals surface area contributed by atoms with E-state index in [1.807, 2.05) is 16.4 Å². The van der Waals surface area contributed by atoms with Gasteiger partial charge < -0.3 is 19.5 Å². The number of hydrogen-bond acceptors (Lipinski definition) is 6. The van der Waals surface area contributed by atoms with E-state index in [1.54, 1.807) is 0 Å². The van der Waals surface area contributed by atoms with Crippen molar-refractivity contribution >= 4 is 38.3 Å². The highest BCUT2D eigenvalue weighted by atomic mass is 32.1. The number of H-pyrrole nitrogens is 1. The van der Waals surface area contributed by atoms with Crippen LogP contribution in [0.2, 0.25) is 0 Å². The predicted molar refractivity (Wildman–Crippen MR) is 104 cm³/mol. The van der Waals surface area contributed by atoms with Crippen LogP contribution in [0.5, 0.6) is 5.75 Å². The lowest BCUT2D eigenvalue weighted by Gasteiger charge is -2.36. The van der Waals surface area contributed by atoms with Gasteiger partial charge in [-0.1, -0.05) is 0 Å². The van der Waals surface area contributed by atoms with Crippen molar-refractivity contribution in [3.8, 4) is 5.75 Å². The fourth-order valence-corrected chi connectivity index (χ4v) is 5.13. The van der Waals surface area contributed by atoms with Gasteiger partial charge in [0.15, 0.2) is 11.6 Å². The lowest BCUT2D eigenvalue weighted by atomic mass is 10.1. The van der Waals surface area contributed by atoms with Crippen LogP contribution in [0.4, 0.5) is 10.1 Å². The molecular formula is C18H19FN4O3S. The van der Waals surface area contributed by atoms with Crippen molar-refractivity contribution in [3.63, 3.8) is 0 Å². The maximum Gasteiger partial charge on any atom is 0.271 e. The predicted octanol–water partition coefficient (Wildman–Crippen LogP) is 1.80. The standard InChI is InChI=1S/C18H19FN4O3S/c1-8-6-22(4-3-20-8)14-11(19)5-10-13-16(14)26-7-9(2)23(13)18-12(15(10)24)17(25)21-27-18/h5,8-9,20H,3-4,6-7H2,1-2H3,(H,21,25). The molecule has 0 radical (unpaired) electrons. The second kappa shape index (κ2) is 5.80. The second-order valence-electron chi connectivity index (χ2n) is 7.31. The first kappa shape index (κ1) is 16.8. The molecule has 2 N–H and O–H groups in total. The molecule has 0 bridgehead atoms. The van der Waals surface area contributed by atoms with Crippen molar-refractivity contribution in [2.24, 2.45) is 0 Å². The Balaban J connectivity index is 1.91. The van der Waals surface area contributed by atoms with E-state index in [-0.39, 0.29) is 22.9 Å². The van der Waals surface area contributed by atoms with Gasteiger partial charge in [0.1, 0.15) is 22.5 Å². The molecule has 1 saturated heterocycles. The zero-order valence-corrected chi connectivity index (χ0v) is 15.8. The van der Waals surface area contributed by atoms with Crippen LogP contribution in [0.3, 0.4) is 0 Å². The molecule has 1 aromatic carbocycles. The summed E-state index contributed by atoms with van der Waals surface area (Å²) in [5.74, 6) is -0.0899. The van der Waals surface area contributed by atoms with Crippen molar-refractivity contribution in [1.29, 1.82) is 0 Å². The molecule has 2 aliphatic rings. The van der Waals surface area contributed by atoms with Gasteiger partial charge >= 0.3 is 0 Å². The van der Waals surface area contributed by atoms with Crippen molar-refractivity contribution < 1.29 is 9.13 Å². The fourth-order valence-electron chi connectivity index (χ4n) is 4.18. The molecule has 142 valence electrons. The van der Waals surface area contributed by atoms with Gasteiger partial charge in [0.25, 0.3) is 5.56 Å². The van der Waals surface area contributed by atoms with Crippen LogP contribution in [0.15, 0.2) is 15.7 Å². The number of anilines is 1. The summed E-state index contributed by atoms with van der Waals surface area (Å²) in [6, 6.07) is 1.41. The molecule has 4 heterocycles. The number of aromatic nitrogens is 2. The number of halogens is 1. The number of ether oxygens (including phenoxy) is 1. The first-order valence-corrected chi connectivity index (χ1v) is 9.82. The van der Waals surface area contributed by atoms with Gasteiger partial charge in [-0.25, -0.2) is 4.39 Å². The lowest BCUT2D eigenvalue weighted by molar-refractivity contribution is 0.250. The van der Waals surface area contributed by atoms with Crippen LogP contribution in [0, 0.1) is 5.82 Å². The summed E-state index contributed by atoms with van der Waals surface area (Å²) in [4.78, 5) is 27.7. The summed E-state index contributed by atoms with van der Waals surface area (Å²) in [5, 5.41) is 3.63. The maximum absolute atomic E-state index is 15.2. The summed E-state index contributed by atoms with van der Waals surface area (Å²) in [5.41, 5.74) is 0.102. The third-order valence-electron chi connectivity index (χ3n) is 5.39. The molecule has 7 nitrogen and oxygen atoms in total. The van der Waals surface area contributed by atoms with Gasteiger partial charge in [0, 0.05) is 25.7 Å². The normalized spacial score (nSPS) is 22.4. The van der Waals surface area contributed by atoms with Crippen molar-refractivity contribution in [3.05, 3.63) is 32.5 Å². The zero-order chi connectivity index (χ0) is 18.9. The Hall–Kier alpha value is -2.39. The molecule has 2 aliphatic heterocycles. The minimum Gasteiger partial charge on any atom is -0.487 e. The number of aromatic amines is 1. The number of nitrogens with zero attached hydrogens (tertiary/aromatic N) is 2. The van der Waals surface area contributed by atoms with Gasteiger partial charge in [-0.05, 0) is 31.4 Å². The van der Waals surface area contributed by atoms with Crippen LogP contribution < -0.4 is 25.9 Å². The molecule has 0 saturated carbocycles. The number of piperazine rings is 1. The highest BCUT2D eigenvalue weighted by Crippen LogP contribution is 2.43. The van der Waals surface area contributed by atoms with Gasteiger partial charge in [-0.3, -0.25) is 14.0 Å². The first-order valence-electron chi connectivity index (χ1n) is 9.00. The van der Waals surface area contributed by atoms with Crippen LogP contribution in [0.25, 0.3) is 21.1 Å². The second-order valence-corrected chi connectivity index (χ2v) is 8.10. The molecule has 2 aromatic heterocycles. The Morgan fingerprint density at radius 1 is 1.33 bits per heavy atom. The van der Waals surface area contributed by atoms with E-state index in [9.17, 15) is 9.59 Å². The summed E-state index contributed by atoms with van der Waals surface area (Å²) in [7, 11) is 0. The van der Waals surface area contributed by atoms with E-state index in [2.05, 4.69) is 16.6 Å². The highest BCUT2D eigenvalue weighted by molar-refractivity contribution is 7.12. The molecule has 3 aromatic rings. The van der Waals surface area contributed by atoms with Crippen LogP contribution in [-0.2, 0) is 0 Å². The Morgan fingerprint density at radius 3 is 2.93 bits per heavy atom. The number of benzene rings is 1. The van der Waals surface area contributed by atoms with Gasteiger partial charge in [-0.2, -0.15) is 0 Å². The minimum absolute atomic E-state index is 0.0743. The molecule has 9 heteroatoms. The van der Waals surface area contributed by atoms with Gasteiger partial charge in [0.2, 0.25) is 5.43 Å². The molecule has 2 unspecified atom stereocenters. The smallest absolute Gasteiger partial charge is 0.271 e. The first-order chi connectivity index (χ1) is 13.0. The van der Waals surface area contributed by atoms with Gasteiger partial charge in [-0.15, -0.1) is 0 Å². The van der Waals surface area contributed by atoms with Crippen LogP contribution in [-0.4, -0.2) is 41.2 Å². The van der Waals surface area contributed by atoms with Crippen LogP contribution >= 0.6 is 11.5 Å². The number of fused-ring (bicyclic) bond motifs is 2. The SMILES string of the molecule is CC1CN(c2c(F)cc3c(=O)c4c(=O)[nH]sc4n4c3c2OCC4C)CCN1. The van der Waals surface area contributed by atoms with Crippen LogP contribution in [0.1, 0.15) is 19.9 Å². The Labute approximate surface area is 157 Å². The Morgan fingerprint density at radius 2 is 2.15 bits per heavy atom. The van der Waals surface area contributed by atoms with E-state index in [0.29, 0.717) is 41.5 Å². The summed E-state index contributed by atoms with van der Waals surface area (Å²) in [6.45, 7) is 6.42. The molecule has 1 fully saturated rings. The van der Waals surface area contributed by atoms with E-state index in [4.69, 9.17) is 4.74 Å². The van der Waals surface area contributed by atoms with E-state index < -0.39 is 16.8 Å². The fraction of sp³-hybridized carbons (Fsp3) is 0.444. The monoisotopic (exact) mass is 390 g/mol. The number of rotatable bonds is 1. The average molecular weight is 390 g/mol. The maximum atomic E-state index is 15.2. The molecule has 5 rings (SSSR count). The largest absolute Gasteiger partial charge is 0.487 e. The molecular weight excluding hydrogens is 371 g/mol. The van der Waals surface area contributed by atoms with E-state index >= 15 is 4.39 Å². The Bertz CT molecular complexity index is 1200. The van der Waals surface area contributed by atoms with E-state index in [0.717, 1.165) is 18.1 Å². The Kier molecular flexibility index (Phi) is 3.60. The van der Waals surface area contributed by atoms with Gasteiger partial charge in [0.05, 0.1) is 16.9 Å². The quantitative estimate of drug-likeness (QED) is 0.662. The average Bonchev–Trinajstić information content (AvgIpc) is 3.02. The molecule has 27 heavy (non-hydrogen) atoms. The number of nitrogens with one attached hydrogen (secondary N) is 2. The minimum atomic E-state index is -0.490.